The number of halogens is 2. The maximum absolute atomic E-state index is 15.7. The summed E-state index contributed by atoms with van der Waals surface area (Å²) in [5, 5.41) is 20.0. The van der Waals surface area contributed by atoms with Crippen LogP contribution in [0.5, 0.6) is 0 Å². The van der Waals surface area contributed by atoms with E-state index in [9.17, 15) is 9.90 Å². The zero-order valence-corrected chi connectivity index (χ0v) is 19.0. The van der Waals surface area contributed by atoms with Gasteiger partial charge in [0.1, 0.15) is 11.9 Å². The van der Waals surface area contributed by atoms with Crippen molar-refractivity contribution in [3.8, 4) is 6.07 Å². The largest absolute Gasteiger partial charge is 0.386 e. The van der Waals surface area contributed by atoms with Gasteiger partial charge in [0.15, 0.2) is 5.72 Å². The molecule has 0 saturated heterocycles. The zero-order chi connectivity index (χ0) is 24.0. The Balaban J connectivity index is 1.95. The van der Waals surface area contributed by atoms with Crippen molar-refractivity contribution in [1.82, 2.24) is 9.88 Å². The second-order valence-corrected chi connectivity index (χ2v) is 8.77. The van der Waals surface area contributed by atoms with Crippen LogP contribution < -0.4 is 0 Å². The smallest absolute Gasteiger partial charge is 0.257 e. The van der Waals surface area contributed by atoms with Crippen molar-refractivity contribution >= 4 is 17.5 Å². The van der Waals surface area contributed by atoms with E-state index >= 15 is 4.39 Å². The van der Waals surface area contributed by atoms with Crippen LogP contribution in [0.4, 0.5) is 4.39 Å². The molecule has 0 bridgehead atoms. The predicted octanol–water partition coefficient (Wildman–Crippen LogP) is 4.48. The molecule has 3 aromatic rings. The fraction of sp³-hybridized carbons (Fsp3) is 0.240. The second-order valence-electron chi connectivity index (χ2n) is 8.34. The molecule has 0 aliphatic carbocycles. The molecule has 1 amide bonds. The number of carbonyl (C=O) groups excluding carboxylic acids is 1. The highest BCUT2D eigenvalue weighted by molar-refractivity contribution is 6.30. The van der Waals surface area contributed by atoms with E-state index in [4.69, 9.17) is 21.6 Å². The number of carbonyl (C=O) groups is 1. The van der Waals surface area contributed by atoms with Gasteiger partial charge in [-0.2, -0.15) is 5.26 Å². The van der Waals surface area contributed by atoms with Crippen LogP contribution in [0.1, 0.15) is 52.2 Å². The Morgan fingerprint density at radius 3 is 2.48 bits per heavy atom. The molecule has 4 rings (SSSR count). The maximum Gasteiger partial charge on any atom is 0.257 e. The average Bonchev–Trinajstić information content (AvgIpc) is 3.03. The number of hydrogen-bond acceptors (Lipinski definition) is 5. The van der Waals surface area contributed by atoms with E-state index in [2.05, 4.69) is 4.98 Å². The Bertz CT molecular complexity index is 1260. The van der Waals surface area contributed by atoms with Crippen LogP contribution >= 0.6 is 11.6 Å². The van der Waals surface area contributed by atoms with Crippen LogP contribution in [-0.2, 0) is 22.6 Å². The summed E-state index contributed by atoms with van der Waals surface area (Å²) in [7, 11) is 1.40. The first kappa shape index (κ1) is 22.9. The summed E-state index contributed by atoms with van der Waals surface area (Å²) in [6.07, 6.45) is 1.41. The molecule has 1 aliphatic heterocycles. The van der Waals surface area contributed by atoms with E-state index < -0.39 is 23.1 Å². The number of amides is 1. The van der Waals surface area contributed by atoms with E-state index in [0.717, 1.165) is 0 Å². The van der Waals surface area contributed by atoms with Crippen molar-refractivity contribution in [3.63, 3.8) is 0 Å². The van der Waals surface area contributed by atoms with Gasteiger partial charge < -0.3 is 9.84 Å². The van der Waals surface area contributed by atoms with Crippen LogP contribution in [0, 0.1) is 17.1 Å². The molecule has 0 spiro atoms. The lowest BCUT2D eigenvalue weighted by molar-refractivity contribution is -0.0886. The predicted molar refractivity (Wildman–Crippen MR) is 120 cm³/mol. The number of aromatic nitrogens is 1. The summed E-state index contributed by atoms with van der Waals surface area (Å²) in [5.74, 6) is -1.15. The van der Waals surface area contributed by atoms with Crippen LogP contribution in [-0.4, -0.2) is 28.0 Å². The third kappa shape index (κ3) is 3.76. The summed E-state index contributed by atoms with van der Waals surface area (Å²) >= 11 is 6.07. The van der Waals surface area contributed by atoms with E-state index in [-0.39, 0.29) is 23.2 Å². The third-order valence-electron chi connectivity index (χ3n) is 5.80. The van der Waals surface area contributed by atoms with Crippen LogP contribution in [0.3, 0.4) is 0 Å². The number of fused-ring (bicyclic) bond motifs is 1. The molecule has 0 unspecified atom stereocenters. The van der Waals surface area contributed by atoms with Crippen molar-refractivity contribution in [1.29, 1.82) is 5.26 Å². The Labute approximate surface area is 195 Å². The normalized spacial score (nSPS) is 17.7. The molecule has 33 heavy (non-hydrogen) atoms. The molecule has 0 radical (unpaired) electrons. The van der Waals surface area contributed by atoms with E-state index in [1.165, 1.54) is 44.2 Å². The number of hydrogen-bond donors (Lipinski definition) is 1. The van der Waals surface area contributed by atoms with Crippen LogP contribution in [0.15, 0.2) is 54.7 Å². The molecular weight excluding hydrogens is 445 g/mol. The molecule has 0 fully saturated rings. The number of ether oxygens (including phenoxy) is 1. The van der Waals surface area contributed by atoms with Gasteiger partial charge in [0, 0.05) is 23.9 Å². The second kappa shape index (κ2) is 8.23. The lowest BCUT2D eigenvalue weighted by Crippen LogP contribution is -2.46. The zero-order valence-electron chi connectivity index (χ0n) is 18.3. The number of methoxy groups -OCH3 is 1. The fourth-order valence-corrected chi connectivity index (χ4v) is 4.26. The lowest BCUT2D eigenvalue weighted by Gasteiger charge is -2.38. The minimum atomic E-state index is -1.59. The summed E-state index contributed by atoms with van der Waals surface area (Å²) in [6.45, 7) is 3.04. The maximum atomic E-state index is 15.7. The average molecular weight is 466 g/mol. The summed E-state index contributed by atoms with van der Waals surface area (Å²) in [5.41, 5.74) is -1.14. The molecule has 0 saturated carbocycles. The number of nitrogens with zero attached hydrogens (tertiary/aromatic N) is 3. The van der Waals surface area contributed by atoms with Crippen molar-refractivity contribution in [2.24, 2.45) is 0 Å². The first-order chi connectivity index (χ1) is 15.6. The van der Waals surface area contributed by atoms with E-state index in [1.54, 1.807) is 36.4 Å². The van der Waals surface area contributed by atoms with Crippen LogP contribution in [0.2, 0.25) is 5.02 Å². The monoisotopic (exact) mass is 465 g/mol. The minimum absolute atomic E-state index is 0.00696. The van der Waals surface area contributed by atoms with Gasteiger partial charge in [-0.15, -0.1) is 0 Å². The molecule has 2 aromatic carbocycles. The van der Waals surface area contributed by atoms with Gasteiger partial charge >= 0.3 is 0 Å². The van der Waals surface area contributed by atoms with Gasteiger partial charge in [0.2, 0.25) is 0 Å². The van der Waals surface area contributed by atoms with E-state index in [1.807, 2.05) is 6.07 Å². The van der Waals surface area contributed by atoms with Gasteiger partial charge in [-0.3, -0.25) is 14.7 Å². The quantitative estimate of drug-likeness (QED) is 0.600. The molecular formula is C25H21ClFN3O3. The minimum Gasteiger partial charge on any atom is -0.386 e. The highest BCUT2D eigenvalue weighted by atomic mass is 35.5. The standard InChI is InChI=1S/C25H21ClFN3O3/c1-24(2,32)17-10-20-22(21(27)11-17)25(33-3,16-5-7-18(26)8-6-16)30(23(20)31)14-19-9-4-15(12-28)13-29-19/h4-11,13,32H,14H2,1-3H3/t25-/m1/s1. The number of rotatable bonds is 5. The van der Waals surface area contributed by atoms with E-state index in [0.29, 0.717) is 21.8 Å². The molecule has 168 valence electrons. The van der Waals surface area contributed by atoms with Crippen molar-refractivity contribution < 1.29 is 19.0 Å². The van der Waals surface area contributed by atoms with Crippen molar-refractivity contribution in [2.75, 3.05) is 7.11 Å². The molecule has 6 nitrogen and oxygen atoms in total. The Morgan fingerprint density at radius 1 is 1.24 bits per heavy atom. The highest BCUT2D eigenvalue weighted by Gasteiger charge is 2.54. The van der Waals surface area contributed by atoms with Crippen molar-refractivity contribution in [2.45, 2.75) is 31.7 Å². The fourth-order valence-electron chi connectivity index (χ4n) is 4.13. The first-order valence-electron chi connectivity index (χ1n) is 10.2. The van der Waals surface area contributed by atoms with Gasteiger partial charge in [-0.25, -0.2) is 4.39 Å². The lowest BCUT2D eigenvalue weighted by atomic mass is 9.89. The molecule has 2 heterocycles. The van der Waals surface area contributed by atoms with Gasteiger partial charge in [-0.1, -0.05) is 23.7 Å². The summed E-state index contributed by atoms with van der Waals surface area (Å²) in [6, 6.07) is 14.6. The van der Waals surface area contributed by atoms with Crippen LogP contribution in [0.25, 0.3) is 0 Å². The van der Waals surface area contributed by atoms with Gasteiger partial charge in [0.05, 0.1) is 34.5 Å². The summed E-state index contributed by atoms with van der Waals surface area (Å²) in [4.78, 5) is 19.3. The number of nitriles is 1. The topological polar surface area (TPSA) is 86.5 Å². The Morgan fingerprint density at radius 2 is 1.94 bits per heavy atom. The first-order valence-corrected chi connectivity index (χ1v) is 10.5. The number of aliphatic hydroxyl groups is 1. The Kier molecular flexibility index (Phi) is 5.71. The molecule has 8 heteroatoms. The molecule has 1 N–H and O–H groups in total. The highest BCUT2D eigenvalue weighted by Crippen LogP contribution is 2.48. The third-order valence-corrected chi connectivity index (χ3v) is 6.05. The SMILES string of the molecule is CO[C@]1(c2ccc(Cl)cc2)c2c(F)cc(C(C)(C)O)cc2C(=O)N1Cc1ccc(C#N)cn1. The molecule has 1 atom stereocenters. The number of pyridine rings is 1. The van der Waals surface area contributed by atoms with Crippen molar-refractivity contribution in [3.05, 3.63) is 99.1 Å². The van der Waals surface area contributed by atoms with Gasteiger partial charge in [-0.05, 0) is 55.8 Å². The summed E-state index contributed by atoms with van der Waals surface area (Å²) < 4.78 is 21.6. The van der Waals surface area contributed by atoms with Gasteiger partial charge in [0.25, 0.3) is 5.91 Å². The molecule has 1 aliphatic rings. The molecule has 1 aromatic heterocycles. The number of benzene rings is 2. The Hall–Kier alpha value is -3.31.